The molecule has 0 saturated carbocycles. The zero-order chi connectivity index (χ0) is 10.1. The molecule has 0 aromatic heterocycles. The van der Waals surface area contributed by atoms with Crippen LogP contribution in [0.3, 0.4) is 0 Å². The van der Waals surface area contributed by atoms with Crippen LogP contribution in [0, 0.1) is 0 Å². The quantitative estimate of drug-likeness (QED) is 0.586. The Labute approximate surface area is 82.2 Å². The van der Waals surface area contributed by atoms with E-state index in [2.05, 4.69) is 0 Å². The van der Waals surface area contributed by atoms with Gasteiger partial charge in [-0.3, -0.25) is 4.79 Å². The van der Waals surface area contributed by atoms with Gasteiger partial charge in [0.2, 0.25) is 16.1 Å². The van der Waals surface area contributed by atoms with Crippen molar-refractivity contribution in [1.29, 1.82) is 0 Å². The van der Waals surface area contributed by atoms with Gasteiger partial charge in [-0.05, 0) is 11.6 Å². The summed E-state index contributed by atoms with van der Waals surface area (Å²) < 4.78 is 21.7. The van der Waals surface area contributed by atoms with Crippen LogP contribution in [-0.2, 0) is 15.1 Å². The molecule has 0 N–H and O–H groups in total. The molecule has 0 fully saturated rings. The van der Waals surface area contributed by atoms with E-state index >= 15 is 0 Å². The van der Waals surface area contributed by atoms with E-state index in [0.29, 0.717) is 5.56 Å². The first kappa shape index (κ1) is 8.90. The van der Waals surface area contributed by atoms with Gasteiger partial charge in [0.05, 0.1) is 0 Å². The highest BCUT2D eigenvalue weighted by Crippen LogP contribution is 2.16. The van der Waals surface area contributed by atoms with Crippen molar-refractivity contribution in [2.24, 2.45) is 0 Å². The molecule has 0 radical (unpaired) electrons. The van der Waals surface area contributed by atoms with Crippen molar-refractivity contribution in [3.05, 3.63) is 41.5 Å². The molecule has 4 heteroatoms. The minimum atomic E-state index is -2.48. The number of benzene rings is 1. The molecule has 0 amide bonds. The van der Waals surface area contributed by atoms with Gasteiger partial charge >= 0.3 is 0 Å². The van der Waals surface area contributed by atoms with Crippen molar-refractivity contribution in [1.82, 2.24) is 0 Å². The first-order valence-electron chi connectivity index (χ1n) is 3.98. The lowest BCUT2D eigenvalue weighted by Crippen LogP contribution is -2.18. The third-order valence-corrected chi connectivity index (χ3v) is 2.76. The van der Waals surface area contributed by atoms with Crippen LogP contribution in [-0.4, -0.2) is 19.1 Å². The van der Waals surface area contributed by atoms with Crippen LogP contribution in [0.5, 0.6) is 0 Å². The Balaban J connectivity index is 2.85. The second-order valence-corrected chi connectivity index (χ2v) is 3.73. The number of allylic oxidation sites excluding steroid dienone is 1. The average molecular weight is 206 g/mol. The van der Waals surface area contributed by atoms with Gasteiger partial charge in [-0.15, -0.1) is 0 Å². The van der Waals surface area contributed by atoms with E-state index in [-0.39, 0.29) is 4.86 Å². The Bertz CT molecular complexity index is 557. The van der Waals surface area contributed by atoms with Gasteiger partial charge < -0.3 is 0 Å². The van der Waals surface area contributed by atoms with Crippen LogP contribution in [0.15, 0.2) is 30.3 Å². The predicted octanol–water partition coefficient (Wildman–Crippen LogP) is 0.682. The SMILES string of the molecule is O=C1C=Cc2ccccc2C1=S(=O)=O. The topological polar surface area (TPSA) is 51.2 Å². The summed E-state index contributed by atoms with van der Waals surface area (Å²) in [6.45, 7) is 0. The Morgan fingerprint density at radius 3 is 2.43 bits per heavy atom. The van der Waals surface area contributed by atoms with Gasteiger partial charge in [0.25, 0.3) is 0 Å². The molecule has 3 nitrogen and oxygen atoms in total. The highest BCUT2D eigenvalue weighted by molar-refractivity contribution is 7.75. The third-order valence-electron chi connectivity index (χ3n) is 2.01. The summed E-state index contributed by atoms with van der Waals surface area (Å²) in [5.41, 5.74) is 1.24. The van der Waals surface area contributed by atoms with Gasteiger partial charge in [-0.25, -0.2) is 0 Å². The molecule has 0 spiro atoms. The Kier molecular flexibility index (Phi) is 2.05. The van der Waals surface area contributed by atoms with E-state index in [0.717, 1.165) is 5.56 Å². The van der Waals surface area contributed by atoms with Crippen molar-refractivity contribution in [3.63, 3.8) is 0 Å². The van der Waals surface area contributed by atoms with Crippen LogP contribution < -0.4 is 0 Å². The number of hydrogen-bond acceptors (Lipinski definition) is 3. The summed E-state index contributed by atoms with van der Waals surface area (Å²) in [6.07, 6.45) is 2.89. The number of carbonyl (C=O) groups is 1. The molecule has 1 aromatic carbocycles. The van der Waals surface area contributed by atoms with Crippen LogP contribution >= 0.6 is 0 Å². The maximum atomic E-state index is 11.3. The van der Waals surface area contributed by atoms with E-state index in [1.165, 1.54) is 6.08 Å². The molecule has 0 atom stereocenters. The molecule has 1 aromatic rings. The molecule has 1 aliphatic rings. The second-order valence-electron chi connectivity index (χ2n) is 2.85. The van der Waals surface area contributed by atoms with E-state index in [1.54, 1.807) is 30.3 Å². The smallest absolute Gasteiger partial charge is 0.226 e. The summed E-state index contributed by atoms with van der Waals surface area (Å²) >= 11 is 0. The van der Waals surface area contributed by atoms with E-state index in [1.807, 2.05) is 0 Å². The van der Waals surface area contributed by atoms with Gasteiger partial charge in [0.1, 0.15) is 4.86 Å². The highest BCUT2D eigenvalue weighted by Gasteiger charge is 2.19. The monoisotopic (exact) mass is 206 g/mol. The van der Waals surface area contributed by atoms with Crippen molar-refractivity contribution in [2.75, 3.05) is 0 Å². The van der Waals surface area contributed by atoms with Crippen molar-refractivity contribution < 1.29 is 13.2 Å². The second kappa shape index (κ2) is 3.23. The number of carbonyl (C=O) groups excluding carboxylic acids is 1. The van der Waals surface area contributed by atoms with Crippen LogP contribution in [0.1, 0.15) is 11.1 Å². The molecule has 0 heterocycles. The summed E-state index contributed by atoms with van der Waals surface area (Å²) in [6, 6.07) is 6.90. The molecular weight excluding hydrogens is 200 g/mol. The summed E-state index contributed by atoms with van der Waals surface area (Å²) in [4.78, 5) is 11.1. The average Bonchev–Trinajstić information content (AvgIpc) is 2.17. The van der Waals surface area contributed by atoms with E-state index in [9.17, 15) is 13.2 Å². The fourth-order valence-electron chi connectivity index (χ4n) is 1.39. The predicted molar refractivity (Wildman–Crippen MR) is 53.5 cm³/mol. The Morgan fingerprint density at radius 2 is 1.71 bits per heavy atom. The fraction of sp³-hybridized carbons (Fsp3) is 0. The molecule has 14 heavy (non-hydrogen) atoms. The molecule has 2 rings (SSSR count). The lowest BCUT2D eigenvalue weighted by molar-refractivity contribution is -0.108. The number of ketones is 1. The number of hydrogen-bond donors (Lipinski definition) is 0. The largest absolute Gasteiger partial charge is 0.288 e. The van der Waals surface area contributed by atoms with Crippen molar-refractivity contribution in [2.45, 2.75) is 0 Å². The number of rotatable bonds is 0. The van der Waals surface area contributed by atoms with Crippen LogP contribution in [0.2, 0.25) is 0 Å². The third kappa shape index (κ3) is 1.29. The summed E-state index contributed by atoms with van der Waals surface area (Å²) in [7, 11) is -2.48. The summed E-state index contributed by atoms with van der Waals surface area (Å²) in [5, 5.41) is 0. The molecule has 0 unspecified atom stereocenters. The molecular formula is C10H6O3S. The van der Waals surface area contributed by atoms with Gasteiger partial charge in [0.15, 0.2) is 0 Å². The molecule has 0 aliphatic heterocycles. The zero-order valence-corrected chi connectivity index (χ0v) is 7.91. The maximum Gasteiger partial charge on any atom is 0.226 e. The van der Waals surface area contributed by atoms with E-state index in [4.69, 9.17) is 0 Å². The first-order valence-corrected chi connectivity index (χ1v) is 5.05. The normalized spacial score (nSPS) is 14.0. The minimum Gasteiger partial charge on any atom is -0.288 e. The maximum absolute atomic E-state index is 11.3. The van der Waals surface area contributed by atoms with Gasteiger partial charge in [-0.2, -0.15) is 8.42 Å². The van der Waals surface area contributed by atoms with Crippen molar-refractivity contribution >= 4 is 27.0 Å². The molecule has 0 saturated heterocycles. The van der Waals surface area contributed by atoms with Crippen LogP contribution in [0.25, 0.3) is 6.08 Å². The lowest BCUT2D eigenvalue weighted by Gasteiger charge is -2.08. The lowest BCUT2D eigenvalue weighted by atomic mass is 9.97. The summed E-state index contributed by atoms with van der Waals surface area (Å²) in [5.74, 6) is -0.461. The highest BCUT2D eigenvalue weighted by atomic mass is 32.2. The van der Waals surface area contributed by atoms with Crippen LogP contribution in [0.4, 0.5) is 0 Å². The standard InChI is InChI=1S/C10H6O3S/c11-9-6-5-7-3-1-2-4-8(7)10(9)14(12)13/h1-6H. The molecule has 70 valence electrons. The van der Waals surface area contributed by atoms with Gasteiger partial charge in [0, 0.05) is 5.56 Å². The Hall–Kier alpha value is -1.68. The molecule has 0 bridgehead atoms. The fourth-order valence-corrected chi connectivity index (χ4v) is 1.99. The minimum absolute atomic E-state index is 0.150. The Morgan fingerprint density at radius 1 is 1.00 bits per heavy atom. The zero-order valence-electron chi connectivity index (χ0n) is 7.10. The van der Waals surface area contributed by atoms with E-state index < -0.39 is 16.1 Å². The van der Waals surface area contributed by atoms with Gasteiger partial charge in [-0.1, -0.05) is 30.3 Å². The number of fused-ring (bicyclic) bond motifs is 1. The first-order chi connectivity index (χ1) is 6.70. The van der Waals surface area contributed by atoms with Crippen molar-refractivity contribution in [3.8, 4) is 0 Å². The molecule has 1 aliphatic carbocycles.